The van der Waals surface area contributed by atoms with E-state index in [2.05, 4.69) is 27.4 Å². The summed E-state index contributed by atoms with van der Waals surface area (Å²) in [6.07, 6.45) is 10.2. The number of carbonyl (C=O) groups is 1. The van der Waals surface area contributed by atoms with Crippen LogP contribution in [0.5, 0.6) is 0 Å². The Morgan fingerprint density at radius 1 is 1.08 bits per heavy atom. The second-order valence-corrected chi connectivity index (χ2v) is 8.29. The predicted octanol–water partition coefficient (Wildman–Crippen LogP) is 2.19. The number of carbonyl (C=O) groups excluding carboxylic acids is 1. The van der Waals surface area contributed by atoms with Gasteiger partial charge in [0.2, 0.25) is 5.91 Å². The van der Waals surface area contributed by atoms with Crippen molar-refractivity contribution in [1.29, 1.82) is 0 Å². The fraction of sp³-hybridized carbons (Fsp3) is 0.895. The van der Waals surface area contributed by atoms with Crippen LogP contribution in [0.1, 0.15) is 58.3 Å². The molecule has 7 heteroatoms. The lowest BCUT2D eigenvalue weighted by Gasteiger charge is -2.26. The van der Waals surface area contributed by atoms with E-state index in [4.69, 9.17) is 0 Å². The predicted molar refractivity (Wildman–Crippen MR) is 117 cm³/mol. The number of guanidine groups is 1. The Kier molecular flexibility index (Phi) is 8.44. The van der Waals surface area contributed by atoms with Crippen molar-refractivity contribution in [1.82, 2.24) is 20.4 Å². The van der Waals surface area contributed by atoms with Gasteiger partial charge in [-0.25, -0.2) is 4.99 Å². The summed E-state index contributed by atoms with van der Waals surface area (Å²) < 4.78 is 0. The minimum Gasteiger partial charge on any atom is -0.354 e. The zero-order valence-electron chi connectivity index (χ0n) is 16.5. The van der Waals surface area contributed by atoms with Gasteiger partial charge in [0.1, 0.15) is 6.54 Å². The van der Waals surface area contributed by atoms with Crippen molar-refractivity contribution in [3.63, 3.8) is 0 Å². The first-order valence-corrected chi connectivity index (χ1v) is 10.1. The highest BCUT2D eigenvalue weighted by molar-refractivity contribution is 14.0. The second-order valence-electron chi connectivity index (χ2n) is 8.29. The zero-order chi connectivity index (χ0) is 17.8. The Balaban J connectivity index is 0.00000243. The van der Waals surface area contributed by atoms with Gasteiger partial charge in [-0.05, 0) is 39.0 Å². The van der Waals surface area contributed by atoms with Crippen LogP contribution in [-0.2, 0) is 4.79 Å². The number of aliphatic imine (C=N–C) groups is 1. The van der Waals surface area contributed by atoms with Crippen LogP contribution in [0.25, 0.3) is 0 Å². The molecule has 0 aromatic rings. The molecule has 2 saturated carbocycles. The molecule has 2 atom stereocenters. The van der Waals surface area contributed by atoms with Gasteiger partial charge in [-0.3, -0.25) is 9.69 Å². The van der Waals surface area contributed by atoms with E-state index in [1.807, 2.05) is 0 Å². The molecule has 3 aliphatic rings. The Labute approximate surface area is 175 Å². The van der Waals surface area contributed by atoms with E-state index in [1.54, 1.807) is 19.0 Å². The molecule has 1 amide bonds. The lowest BCUT2D eigenvalue weighted by molar-refractivity contribution is -0.127. The maximum absolute atomic E-state index is 11.9. The van der Waals surface area contributed by atoms with Gasteiger partial charge in [0.15, 0.2) is 5.96 Å². The highest BCUT2D eigenvalue weighted by Crippen LogP contribution is 2.33. The number of likely N-dealkylation sites (tertiary alicyclic amines) is 1. The molecular weight excluding hydrogens is 441 g/mol. The lowest BCUT2D eigenvalue weighted by atomic mass is 9.96. The second kappa shape index (κ2) is 10.1. The number of halogens is 1. The van der Waals surface area contributed by atoms with Gasteiger partial charge in [0.25, 0.3) is 0 Å². The third-order valence-electron chi connectivity index (χ3n) is 5.80. The standard InChI is InChI=1S/C19H35N5O.HI/c1-14-11-16(13-24(14)17-9-10-17)22-19(20-12-18(25)23(2)3)21-15-7-5-4-6-8-15;/h14-17H,4-13H2,1-3H3,(H2,20,21,22);1H. The number of hydrogen-bond donors (Lipinski definition) is 2. The molecular formula is C19H36IN5O. The molecule has 0 aromatic carbocycles. The van der Waals surface area contributed by atoms with E-state index in [-0.39, 0.29) is 36.4 Å². The molecule has 3 fully saturated rings. The van der Waals surface area contributed by atoms with Crippen LogP contribution in [-0.4, -0.2) is 73.0 Å². The first-order chi connectivity index (χ1) is 12.0. The Morgan fingerprint density at radius 3 is 2.35 bits per heavy atom. The van der Waals surface area contributed by atoms with E-state index in [1.165, 1.54) is 44.9 Å². The molecule has 26 heavy (non-hydrogen) atoms. The van der Waals surface area contributed by atoms with E-state index in [0.717, 1.165) is 25.0 Å². The zero-order valence-corrected chi connectivity index (χ0v) is 18.9. The highest BCUT2D eigenvalue weighted by atomic mass is 127. The maximum Gasteiger partial charge on any atom is 0.243 e. The van der Waals surface area contributed by atoms with Gasteiger partial charge in [0, 0.05) is 44.8 Å². The molecule has 1 heterocycles. The summed E-state index contributed by atoms with van der Waals surface area (Å²) in [6, 6.07) is 2.38. The van der Waals surface area contributed by atoms with Crippen LogP contribution in [0.4, 0.5) is 0 Å². The van der Waals surface area contributed by atoms with E-state index in [9.17, 15) is 4.79 Å². The minimum absolute atomic E-state index is 0. The van der Waals surface area contributed by atoms with E-state index < -0.39 is 0 Å². The number of likely N-dealkylation sites (N-methyl/N-ethyl adjacent to an activating group) is 1. The van der Waals surface area contributed by atoms with E-state index >= 15 is 0 Å². The van der Waals surface area contributed by atoms with Gasteiger partial charge in [-0.2, -0.15) is 0 Å². The number of hydrogen-bond acceptors (Lipinski definition) is 3. The summed E-state index contributed by atoms with van der Waals surface area (Å²) >= 11 is 0. The van der Waals surface area contributed by atoms with E-state index in [0.29, 0.717) is 18.1 Å². The summed E-state index contributed by atoms with van der Waals surface area (Å²) in [4.78, 5) is 20.8. The monoisotopic (exact) mass is 477 g/mol. The highest BCUT2D eigenvalue weighted by Gasteiger charge is 2.39. The average molecular weight is 477 g/mol. The van der Waals surface area contributed by atoms with Gasteiger partial charge >= 0.3 is 0 Å². The van der Waals surface area contributed by atoms with Crippen LogP contribution in [0.15, 0.2) is 4.99 Å². The molecule has 2 aliphatic carbocycles. The third kappa shape index (κ3) is 6.25. The largest absolute Gasteiger partial charge is 0.354 e. The number of nitrogens with one attached hydrogen (secondary N) is 2. The Morgan fingerprint density at radius 2 is 1.73 bits per heavy atom. The molecule has 2 unspecified atom stereocenters. The molecule has 3 rings (SSSR count). The fourth-order valence-corrected chi connectivity index (χ4v) is 4.13. The minimum atomic E-state index is 0. The van der Waals surface area contributed by atoms with Crippen LogP contribution >= 0.6 is 24.0 Å². The average Bonchev–Trinajstić information content (AvgIpc) is 3.36. The summed E-state index contributed by atoms with van der Waals surface area (Å²) in [5.74, 6) is 0.876. The van der Waals surface area contributed by atoms with Crippen LogP contribution in [0.2, 0.25) is 0 Å². The SMILES string of the molecule is CC1CC(NC(=NCC(=O)N(C)C)NC2CCCCC2)CN1C1CC1.I. The van der Waals surface area contributed by atoms with Crippen molar-refractivity contribution in [2.45, 2.75) is 82.5 Å². The van der Waals surface area contributed by atoms with Crippen molar-refractivity contribution in [3.05, 3.63) is 0 Å². The van der Waals surface area contributed by atoms with Crippen molar-refractivity contribution in [2.24, 2.45) is 4.99 Å². The molecule has 0 aromatic heterocycles. The Hall–Kier alpha value is -0.570. The molecule has 2 N–H and O–H groups in total. The first kappa shape index (κ1) is 21.7. The fourth-order valence-electron chi connectivity index (χ4n) is 4.13. The molecule has 1 saturated heterocycles. The van der Waals surface area contributed by atoms with Gasteiger partial charge in [-0.1, -0.05) is 19.3 Å². The van der Waals surface area contributed by atoms with Gasteiger partial charge in [0.05, 0.1) is 0 Å². The molecule has 150 valence electrons. The van der Waals surface area contributed by atoms with Gasteiger partial charge < -0.3 is 15.5 Å². The van der Waals surface area contributed by atoms with Crippen LogP contribution in [0.3, 0.4) is 0 Å². The lowest BCUT2D eigenvalue weighted by Crippen LogP contribution is -2.49. The van der Waals surface area contributed by atoms with Crippen LogP contribution in [0, 0.1) is 0 Å². The normalized spacial score (nSPS) is 27.7. The van der Waals surface area contributed by atoms with Crippen molar-refractivity contribution in [3.8, 4) is 0 Å². The smallest absolute Gasteiger partial charge is 0.243 e. The maximum atomic E-state index is 11.9. The van der Waals surface area contributed by atoms with Crippen molar-refractivity contribution >= 4 is 35.8 Å². The van der Waals surface area contributed by atoms with Crippen molar-refractivity contribution in [2.75, 3.05) is 27.2 Å². The summed E-state index contributed by atoms with van der Waals surface area (Å²) in [6.45, 7) is 3.64. The Bertz CT molecular complexity index is 488. The summed E-state index contributed by atoms with van der Waals surface area (Å²) in [5, 5.41) is 7.23. The molecule has 0 radical (unpaired) electrons. The van der Waals surface area contributed by atoms with Crippen LogP contribution < -0.4 is 10.6 Å². The first-order valence-electron chi connectivity index (χ1n) is 10.1. The third-order valence-corrected chi connectivity index (χ3v) is 5.80. The molecule has 0 bridgehead atoms. The number of rotatable bonds is 5. The molecule has 0 spiro atoms. The molecule has 6 nitrogen and oxygen atoms in total. The topological polar surface area (TPSA) is 60.0 Å². The number of nitrogens with zero attached hydrogens (tertiary/aromatic N) is 3. The van der Waals surface area contributed by atoms with Gasteiger partial charge in [-0.15, -0.1) is 24.0 Å². The summed E-state index contributed by atoms with van der Waals surface area (Å²) in [5.41, 5.74) is 0. The molecule has 1 aliphatic heterocycles. The number of amides is 1. The summed E-state index contributed by atoms with van der Waals surface area (Å²) in [7, 11) is 3.57. The van der Waals surface area contributed by atoms with Crippen molar-refractivity contribution < 1.29 is 4.79 Å². The quantitative estimate of drug-likeness (QED) is 0.362.